The zero-order valence-corrected chi connectivity index (χ0v) is 12.1. The van der Waals surface area contributed by atoms with Gasteiger partial charge in [0, 0.05) is 24.7 Å². The second kappa shape index (κ2) is 6.31. The van der Waals surface area contributed by atoms with Crippen molar-refractivity contribution >= 4 is 21.6 Å². The van der Waals surface area contributed by atoms with Crippen LogP contribution in [-0.2, 0) is 4.74 Å². The Balaban J connectivity index is 2.04. The summed E-state index contributed by atoms with van der Waals surface area (Å²) in [7, 11) is 0. The van der Waals surface area contributed by atoms with Crippen molar-refractivity contribution in [3.05, 3.63) is 32.3 Å². The third kappa shape index (κ3) is 3.65. The van der Waals surface area contributed by atoms with E-state index in [0.29, 0.717) is 29.0 Å². The second-order valence-corrected chi connectivity index (χ2v) is 5.19. The molecule has 1 unspecified atom stereocenters. The SMILES string of the molecule is Cc1cc(OCC2CNCCO2)c(Br)cc1[N+](=O)[O-]. The lowest BCUT2D eigenvalue weighted by atomic mass is 10.2. The van der Waals surface area contributed by atoms with E-state index in [2.05, 4.69) is 21.2 Å². The van der Waals surface area contributed by atoms with Crippen LogP contribution < -0.4 is 10.1 Å². The van der Waals surface area contributed by atoms with E-state index in [9.17, 15) is 10.1 Å². The van der Waals surface area contributed by atoms with Gasteiger partial charge in [-0.1, -0.05) is 0 Å². The Bertz CT molecular complexity index is 475. The van der Waals surface area contributed by atoms with Gasteiger partial charge in [-0.15, -0.1) is 0 Å². The number of rotatable bonds is 4. The standard InChI is InChI=1S/C12H15BrN2O4/c1-8-4-12(10(13)5-11(8)15(16)17)19-7-9-6-14-2-3-18-9/h4-5,9,14H,2-3,6-7H2,1H3. The number of aryl methyl sites for hydroxylation is 1. The molecule has 1 N–H and O–H groups in total. The highest BCUT2D eigenvalue weighted by Gasteiger charge is 2.17. The lowest BCUT2D eigenvalue weighted by Crippen LogP contribution is -2.41. The van der Waals surface area contributed by atoms with Crippen molar-refractivity contribution < 1.29 is 14.4 Å². The minimum atomic E-state index is -0.405. The summed E-state index contributed by atoms with van der Waals surface area (Å²) >= 11 is 3.29. The summed E-state index contributed by atoms with van der Waals surface area (Å²) in [6.45, 7) is 4.40. The molecule has 1 fully saturated rings. The van der Waals surface area contributed by atoms with E-state index in [0.717, 1.165) is 13.1 Å². The van der Waals surface area contributed by atoms with Crippen molar-refractivity contribution in [2.24, 2.45) is 0 Å². The van der Waals surface area contributed by atoms with Crippen LogP contribution in [0.1, 0.15) is 5.56 Å². The molecule has 0 aliphatic carbocycles. The summed E-state index contributed by atoms with van der Waals surface area (Å²) in [6.07, 6.45) is 0.0103. The van der Waals surface area contributed by atoms with Crippen LogP contribution in [0.25, 0.3) is 0 Å². The first-order valence-electron chi connectivity index (χ1n) is 5.97. The van der Waals surface area contributed by atoms with Gasteiger partial charge in [0.15, 0.2) is 0 Å². The van der Waals surface area contributed by atoms with Crippen molar-refractivity contribution in [3.8, 4) is 5.75 Å². The molecule has 19 heavy (non-hydrogen) atoms. The highest BCUT2D eigenvalue weighted by Crippen LogP contribution is 2.32. The van der Waals surface area contributed by atoms with Gasteiger partial charge in [-0.3, -0.25) is 10.1 Å². The summed E-state index contributed by atoms with van der Waals surface area (Å²) in [5, 5.41) is 14.0. The van der Waals surface area contributed by atoms with E-state index in [1.165, 1.54) is 6.07 Å². The number of hydrogen-bond acceptors (Lipinski definition) is 5. The van der Waals surface area contributed by atoms with Gasteiger partial charge in [-0.05, 0) is 28.9 Å². The molecular weight excluding hydrogens is 316 g/mol. The molecule has 1 aliphatic heterocycles. The molecule has 0 amide bonds. The maximum absolute atomic E-state index is 10.8. The van der Waals surface area contributed by atoms with Crippen molar-refractivity contribution in [2.75, 3.05) is 26.3 Å². The summed E-state index contributed by atoms with van der Waals surface area (Å²) in [5.41, 5.74) is 0.653. The van der Waals surface area contributed by atoms with Gasteiger partial charge >= 0.3 is 0 Å². The number of halogens is 1. The van der Waals surface area contributed by atoms with Crippen molar-refractivity contribution in [2.45, 2.75) is 13.0 Å². The molecule has 1 heterocycles. The second-order valence-electron chi connectivity index (χ2n) is 4.33. The molecule has 104 valence electrons. The smallest absolute Gasteiger partial charge is 0.273 e. The first kappa shape index (κ1) is 14.2. The molecule has 0 saturated carbocycles. The lowest BCUT2D eigenvalue weighted by Gasteiger charge is -2.23. The number of morpholine rings is 1. The van der Waals surface area contributed by atoms with Gasteiger partial charge in [0.25, 0.3) is 5.69 Å². The van der Waals surface area contributed by atoms with E-state index >= 15 is 0 Å². The molecule has 1 aromatic carbocycles. The molecule has 1 aliphatic rings. The Kier molecular flexibility index (Phi) is 4.73. The zero-order chi connectivity index (χ0) is 13.8. The topological polar surface area (TPSA) is 73.6 Å². The summed E-state index contributed by atoms with van der Waals surface area (Å²) in [5.74, 6) is 0.595. The Labute approximate surface area is 119 Å². The van der Waals surface area contributed by atoms with Gasteiger partial charge in [-0.2, -0.15) is 0 Å². The zero-order valence-electron chi connectivity index (χ0n) is 10.5. The molecule has 0 aromatic heterocycles. The Hall–Kier alpha value is -1.18. The average molecular weight is 331 g/mol. The fourth-order valence-electron chi connectivity index (χ4n) is 1.86. The first-order chi connectivity index (χ1) is 9.08. The number of hydrogen-bond donors (Lipinski definition) is 1. The van der Waals surface area contributed by atoms with Gasteiger partial charge < -0.3 is 14.8 Å². The third-order valence-corrected chi connectivity index (χ3v) is 3.50. The minimum absolute atomic E-state index is 0.0103. The van der Waals surface area contributed by atoms with E-state index < -0.39 is 4.92 Å². The maximum atomic E-state index is 10.8. The minimum Gasteiger partial charge on any atom is -0.490 e. The largest absolute Gasteiger partial charge is 0.490 e. The number of nitrogens with zero attached hydrogens (tertiary/aromatic N) is 1. The normalized spacial score (nSPS) is 19.2. The number of nitrogens with one attached hydrogen (secondary N) is 1. The van der Waals surface area contributed by atoms with Crippen LogP contribution in [-0.4, -0.2) is 37.3 Å². The summed E-state index contributed by atoms with van der Waals surface area (Å²) in [6, 6.07) is 3.13. The number of ether oxygens (including phenoxy) is 2. The Morgan fingerprint density at radius 2 is 2.42 bits per heavy atom. The van der Waals surface area contributed by atoms with Gasteiger partial charge in [0.05, 0.1) is 16.0 Å². The molecule has 7 heteroatoms. The first-order valence-corrected chi connectivity index (χ1v) is 6.77. The van der Waals surface area contributed by atoms with Gasteiger partial charge in [-0.25, -0.2) is 0 Å². The molecular formula is C12H15BrN2O4. The van der Waals surface area contributed by atoms with E-state index in [1.807, 2.05) is 0 Å². The number of nitro groups is 1. The molecule has 6 nitrogen and oxygen atoms in total. The summed E-state index contributed by atoms with van der Waals surface area (Å²) < 4.78 is 11.8. The van der Waals surface area contributed by atoms with Crippen LogP contribution in [0.5, 0.6) is 5.75 Å². The van der Waals surface area contributed by atoms with Gasteiger partial charge in [0.1, 0.15) is 18.5 Å². The highest BCUT2D eigenvalue weighted by molar-refractivity contribution is 9.10. The molecule has 1 saturated heterocycles. The fourth-order valence-corrected chi connectivity index (χ4v) is 2.31. The van der Waals surface area contributed by atoms with E-state index in [1.54, 1.807) is 13.0 Å². The monoisotopic (exact) mass is 330 g/mol. The maximum Gasteiger partial charge on any atom is 0.273 e. The molecule has 1 atom stereocenters. The molecule has 1 aromatic rings. The Morgan fingerprint density at radius 3 is 3.05 bits per heavy atom. The predicted octanol–water partition coefficient (Wildman–Crippen LogP) is 2.03. The van der Waals surface area contributed by atoms with Gasteiger partial charge in [0.2, 0.25) is 0 Å². The highest BCUT2D eigenvalue weighted by atomic mass is 79.9. The van der Waals surface area contributed by atoms with Crippen LogP contribution in [0, 0.1) is 17.0 Å². The van der Waals surface area contributed by atoms with Crippen LogP contribution in [0.15, 0.2) is 16.6 Å². The third-order valence-electron chi connectivity index (χ3n) is 2.88. The van der Waals surface area contributed by atoms with Crippen LogP contribution in [0.3, 0.4) is 0 Å². The van der Waals surface area contributed by atoms with Crippen molar-refractivity contribution in [1.82, 2.24) is 5.32 Å². The van der Waals surface area contributed by atoms with Crippen LogP contribution >= 0.6 is 15.9 Å². The molecule has 0 radical (unpaired) electrons. The summed E-state index contributed by atoms with van der Waals surface area (Å²) in [4.78, 5) is 10.4. The fraction of sp³-hybridized carbons (Fsp3) is 0.500. The quantitative estimate of drug-likeness (QED) is 0.675. The number of benzene rings is 1. The van der Waals surface area contributed by atoms with Crippen LogP contribution in [0.2, 0.25) is 0 Å². The van der Waals surface area contributed by atoms with E-state index in [-0.39, 0.29) is 11.8 Å². The average Bonchev–Trinajstić information content (AvgIpc) is 2.40. The molecule has 0 bridgehead atoms. The van der Waals surface area contributed by atoms with Crippen molar-refractivity contribution in [3.63, 3.8) is 0 Å². The van der Waals surface area contributed by atoms with Crippen LogP contribution in [0.4, 0.5) is 5.69 Å². The molecule has 0 spiro atoms. The Morgan fingerprint density at radius 1 is 1.63 bits per heavy atom. The number of nitro benzene ring substituents is 1. The lowest BCUT2D eigenvalue weighted by molar-refractivity contribution is -0.385. The molecule has 2 rings (SSSR count). The predicted molar refractivity (Wildman–Crippen MR) is 73.6 cm³/mol. The van der Waals surface area contributed by atoms with Crippen molar-refractivity contribution in [1.29, 1.82) is 0 Å². The van der Waals surface area contributed by atoms with E-state index in [4.69, 9.17) is 9.47 Å².